The van der Waals surface area contributed by atoms with Crippen LogP contribution in [0.5, 0.6) is 0 Å². The fourth-order valence-electron chi connectivity index (χ4n) is 1.26. The van der Waals surface area contributed by atoms with Crippen LogP contribution in [0.2, 0.25) is 0 Å². The molecule has 0 unspecified atom stereocenters. The minimum atomic E-state index is -0.539. The van der Waals surface area contributed by atoms with E-state index in [1.54, 1.807) is 0 Å². The van der Waals surface area contributed by atoms with Gasteiger partial charge < -0.3 is 5.32 Å². The maximum absolute atomic E-state index is 13.1. The lowest BCUT2D eigenvalue weighted by Gasteiger charge is -2.05. The molecule has 1 N–H and O–H groups in total. The molecule has 0 aromatic heterocycles. The number of unbranched alkanes of at least 4 members (excludes halogenated alkanes) is 1. The van der Waals surface area contributed by atoms with Gasteiger partial charge in [0, 0.05) is 18.2 Å². The van der Waals surface area contributed by atoms with Gasteiger partial charge in [0.1, 0.15) is 11.6 Å². The van der Waals surface area contributed by atoms with Crippen molar-refractivity contribution in [2.24, 2.45) is 0 Å². The summed E-state index contributed by atoms with van der Waals surface area (Å²) >= 11 is 0. The van der Waals surface area contributed by atoms with E-state index in [4.69, 9.17) is 0 Å². The Labute approximate surface area is 88.8 Å². The first-order valence-corrected chi connectivity index (χ1v) is 4.99. The molecule has 0 spiro atoms. The molecule has 0 aliphatic heterocycles. The number of rotatable bonds is 6. The zero-order valence-electron chi connectivity index (χ0n) is 8.60. The van der Waals surface area contributed by atoms with Crippen molar-refractivity contribution in [1.29, 1.82) is 0 Å². The number of nitrogens with one attached hydrogen (secondary N) is 1. The first kappa shape index (κ1) is 11.9. The third kappa shape index (κ3) is 4.21. The molecule has 1 aromatic rings. The van der Waals surface area contributed by atoms with Gasteiger partial charge in [0.2, 0.25) is 0 Å². The average Bonchev–Trinajstić information content (AvgIpc) is 2.20. The van der Waals surface area contributed by atoms with Gasteiger partial charge in [-0.05, 0) is 25.5 Å². The van der Waals surface area contributed by atoms with E-state index in [1.807, 2.05) is 6.08 Å². The van der Waals surface area contributed by atoms with Crippen LogP contribution in [0.1, 0.15) is 18.4 Å². The Balaban J connectivity index is 2.34. The summed E-state index contributed by atoms with van der Waals surface area (Å²) in [4.78, 5) is 0. The van der Waals surface area contributed by atoms with Crippen molar-refractivity contribution < 1.29 is 8.78 Å². The normalized spacial score (nSPS) is 10.3. The zero-order valence-corrected chi connectivity index (χ0v) is 8.60. The molecule has 0 aliphatic carbocycles. The largest absolute Gasteiger partial charge is 0.313 e. The standard InChI is InChI=1S/C12H15F2N/c1-2-3-4-7-15-9-10-5-6-11(13)8-12(10)14/h2,5-6,8,15H,1,3-4,7,9H2. The molecule has 3 heteroatoms. The van der Waals surface area contributed by atoms with Crippen LogP contribution in [-0.4, -0.2) is 6.54 Å². The molecule has 0 bridgehead atoms. The van der Waals surface area contributed by atoms with Crippen LogP contribution in [-0.2, 0) is 6.54 Å². The Kier molecular flexibility index (Phi) is 4.98. The Bertz CT molecular complexity index is 323. The summed E-state index contributed by atoms with van der Waals surface area (Å²) in [5.74, 6) is -1.03. The number of hydrogen-bond acceptors (Lipinski definition) is 1. The van der Waals surface area contributed by atoms with Crippen molar-refractivity contribution in [2.45, 2.75) is 19.4 Å². The monoisotopic (exact) mass is 211 g/mol. The van der Waals surface area contributed by atoms with E-state index in [2.05, 4.69) is 11.9 Å². The van der Waals surface area contributed by atoms with Crippen LogP contribution in [0.3, 0.4) is 0 Å². The molecule has 0 saturated heterocycles. The molecule has 82 valence electrons. The van der Waals surface area contributed by atoms with E-state index in [-0.39, 0.29) is 0 Å². The van der Waals surface area contributed by atoms with Gasteiger partial charge in [-0.15, -0.1) is 6.58 Å². The molecular formula is C12H15F2N. The smallest absolute Gasteiger partial charge is 0.130 e. The van der Waals surface area contributed by atoms with Crippen LogP contribution in [0, 0.1) is 11.6 Å². The Morgan fingerprint density at radius 3 is 2.80 bits per heavy atom. The minimum absolute atomic E-state index is 0.434. The highest BCUT2D eigenvalue weighted by atomic mass is 19.1. The van der Waals surface area contributed by atoms with Crippen molar-refractivity contribution in [1.82, 2.24) is 5.32 Å². The third-order valence-corrected chi connectivity index (χ3v) is 2.09. The molecule has 0 fully saturated rings. The van der Waals surface area contributed by atoms with Gasteiger partial charge in [0.25, 0.3) is 0 Å². The second-order valence-electron chi connectivity index (χ2n) is 3.34. The molecule has 15 heavy (non-hydrogen) atoms. The molecule has 1 nitrogen and oxygen atoms in total. The van der Waals surface area contributed by atoms with Gasteiger partial charge in [-0.2, -0.15) is 0 Å². The predicted molar refractivity (Wildman–Crippen MR) is 57.5 cm³/mol. The summed E-state index contributed by atoms with van der Waals surface area (Å²) in [6.45, 7) is 4.85. The SMILES string of the molecule is C=CCCCNCc1ccc(F)cc1F. The molecule has 0 aliphatic rings. The lowest BCUT2D eigenvalue weighted by Crippen LogP contribution is -2.15. The molecule has 0 saturated carbocycles. The topological polar surface area (TPSA) is 12.0 Å². The van der Waals surface area contributed by atoms with Gasteiger partial charge in [-0.1, -0.05) is 12.1 Å². The molecule has 0 heterocycles. The number of halogens is 2. The molecule has 1 rings (SSSR count). The lowest BCUT2D eigenvalue weighted by molar-refractivity contribution is 0.558. The fourth-order valence-corrected chi connectivity index (χ4v) is 1.26. The van der Waals surface area contributed by atoms with Crippen LogP contribution in [0.15, 0.2) is 30.9 Å². The van der Waals surface area contributed by atoms with Crippen LogP contribution in [0.4, 0.5) is 8.78 Å². The minimum Gasteiger partial charge on any atom is -0.313 e. The summed E-state index contributed by atoms with van der Waals surface area (Å²) in [7, 11) is 0. The third-order valence-electron chi connectivity index (χ3n) is 2.09. The molecule has 0 atom stereocenters. The molecule has 0 radical (unpaired) electrons. The maximum Gasteiger partial charge on any atom is 0.130 e. The van der Waals surface area contributed by atoms with E-state index in [0.717, 1.165) is 25.5 Å². The van der Waals surface area contributed by atoms with E-state index in [9.17, 15) is 8.78 Å². The van der Waals surface area contributed by atoms with Crippen molar-refractivity contribution >= 4 is 0 Å². The van der Waals surface area contributed by atoms with E-state index >= 15 is 0 Å². The Morgan fingerprint density at radius 2 is 2.13 bits per heavy atom. The van der Waals surface area contributed by atoms with Crippen molar-refractivity contribution in [3.63, 3.8) is 0 Å². The number of benzene rings is 1. The highest BCUT2D eigenvalue weighted by Crippen LogP contribution is 2.08. The van der Waals surface area contributed by atoms with Gasteiger partial charge in [0.15, 0.2) is 0 Å². The molecule has 1 aromatic carbocycles. The maximum atomic E-state index is 13.1. The number of hydrogen-bond donors (Lipinski definition) is 1. The first-order valence-electron chi connectivity index (χ1n) is 4.99. The predicted octanol–water partition coefficient (Wildman–Crippen LogP) is 3.02. The zero-order chi connectivity index (χ0) is 11.1. The highest BCUT2D eigenvalue weighted by Gasteiger charge is 2.02. The average molecular weight is 211 g/mol. The van der Waals surface area contributed by atoms with Crippen molar-refractivity contribution in [2.75, 3.05) is 6.54 Å². The summed E-state index contributed by atoms with van der Waals surface area (Å²) in [6.07, 6.45) is 3.77. The van der Waals surface area contributed by atoms with Crippen molar-refractivity contribution in [3.05, 3.63) is 48.1 Å². The first-order chi connectivity index (χ1) is 7.24. The molecule has 0 amide bonds. The van der Waals surface area contributed by atoms with Gasteiger partial charge in [-0.3, -0.25) is 0 Å². The lowest BCUT2D eigenvalue weighted by atomic mass is 10.2. The summed E-state index contributed by atoms with van der Waals surface area (Å²) in [5.41, 5.74) is 0.495. The summed E-state index contributed by atoms with van der Waals surface area (Å²) in [6, 6.07) is 3.63. The second-order valence-corrected chi connectivity index (χ2v) is 3.34. The summed E-state index contributed by atoms with van der Waals surface area (Å²) in [5, 5.41) is 3.09. The van der Waals surface area contributed by atoms with Gasteiger partial charge >= 0.3 is 0 Å². The quantitative estimate of drug-likeness (QED) is 0.563. The van der Waals surface area contributed by atoms with E-state index in [1.165, 1.54) is 12.1 Å². The van der Waals surface area contributed by atoms with Crippen LogP contribution >= 0.6 is 0 Å². The van der Waals surface area contributed by atoms with Gasteiger partial charge in [-0.25, -0.2) is 8.78 Å². The second kappa shape index (κ2) is 6.30. The molecular weight excluding hydrogens is 196 g/mol. The van der Waals surface area contributed by atoms with Crippen LogP contribution in [0.25, 0.3) is 0 Å². The van der Waals surface area contributed by atoms with Crippen LogP contribution < -0.4 is 5.32 Å². The highest BCUT2D eigenvalue weighted by molar-refractivity contribution is 5.18. The van der Waals surface area contributed by atoms with Gasteiger partial charge in [0.05, 0.1) is 0 Å². The Morgan fingerprint density at radius 1 is 1.33 bits per heavy atom. The van der Waals surface area contributed by atoms with E-state index < -0.39 is 11.6 Å². The summed E-state index contributed by atoms with van der Waals surface area (Å²) < 4.78 is 25.7. The number of allylic oxidation sites excluding steroid dienone is 1. The fraction of sp³-hybridized carbons (Fsp3) is 0.333. The van der Waals surface area contributed by atoms with E-state index in [0.29, 0.717) is 12.1 Å². The Hall–Kier alpha value is -1.22. The van der Waals surface area contributed by atoms with Crippen molar-refractivity contribution in [3.8, 4) is 0 Å².